The summed E-state index contributed by atoms with van der Waals surface area (Å²) in [7, 11) is 1.22. The molecular formula is C28H31N3O8. The van der Waals surface area contributed by atoms with Gasteiger partial charge in [0.1, 0.15) is 22.9 Å². The summed E-state index contributed by atoms with van der Waals surface area (Å²) < 4.78 is 21.2. The van der Waals surface area contributed by atoms with Gasteiger partial charge in [0.2, 0.25) is 0 Å². The summed E-state index contributed by atoms with van der Waals surface area (Å²) in [6.45, 7) is 5.25. The molecule has 0 bridgehead atoms. The first-order chi connectivity index (χ1) is 18.7. The number of rotatable bonds is 8. The molecule has 11 nitrogen and oxygen atoms in total. The number of nitrogens with one attached hydrogen (secondary N) is 2. The van der Waals surface area contributed by atoms with Crippen molar-refractivity contribution in [2.24, 2.45) is 5.41 Å². The van der Waals surface area contributed by atoms with Crippen molar-refractivity contribution in [3.8, 4) is 0 Å². The molecule has 206 valence electrons. The van der Waals surface area contributed by atoms with Gasteiger partial charge in [-0.25, -0.2) is 4.79 Å². The fourth-order valence-electron chi connectivity index (χ4n) is 5.04. The van der Waals surface area contributed by atoms with Gasteiger partial charge in [-0.1, -0.05) is 13.0 Å². The standard InChI is InChI=1S/C28H31N3O8/c1-16-10-11-19(38-16)25(28(2)14-37-15-28)30-22-21(23(32)24(22)33)29-18-8-6-7-17(13-18)26(34)31-12-5-4-9-20(31)39-27(35)36-3/h6-8,10-11,13,20,25,29-30H,4-5,9,12,14-15H2,1-3H3. The summed E-state index contributed by atoms with van der Waals surface area (Å²) in [5, 5.41) is 6.25. The van der Waals surface area contributed by atoms with Crippen LogP contribution in [0.3, 0.4) is 0 Å². The number of benzene rings is 1. The molecular weight excluding hydrogens is 506 g/mol. The third-order valence-corrected chi connectivity index (χ3v) is 7.29. The zero-order valence-electron chi connectivity index (χ0n) is 22.1. The Morgan fingerprint density at radius 2 is 1.87 bits per heavy atom. The largest absolute Gasteiger partial charge is 0.509 e. The number of methoxy groups -OCH3 is 1. The van der Waals surface area contributed by atoms with Crippen LogP contribution in [0.4, 0.5) is 21.9 Å². The number of likely N-dealkylation sites (tertiary alicyclic amines) is 1. The minimum Gasteiger partial charge on any atom is -0.464 e. The van der Waals surface area contributed by atoms with E-state index in [0.29, 0.717) is 43.2 Å². The van der Waals surface area contributed by atoms with E-state index in [9.17, 15) is 19.2 Å². The molecule has 2 aliphatic heterocycles. The van der Waals surface area contributed by atoms with Gasteiger partial charge in [0, 0.05) is 29.6 Å². The van der Waals surface area contributed by atoms with Crippen molar-refractivity contribution in [3.05, 3.63) is 73.9 Å². The van der Waals surface area contributed by atoms with E-state index in [4.69, 9.17) is 13.9 Å². The van der Waals surface area contributed by atoms with E-state index in [-0.39, 0.29) is 28.7 Å². The molecule has 3 aromatic rings. The van der Waals surface area contributed by atoms with Crippen LogP contribution in [0, 0.1) is 12.3 Å². The number of amides is 1. The molecule has 1 amide bonds. The summed E-state index contributed by atoms with van der Waals surface area (Å²) in [6.07, 6.45) is 0.539. The summed E-state index contributed by atoms with van der Waals surface area (Å²) in [5.41, 5.74) is -0.527. The molecule has 0 radical (unpaired) electrons. The second-order valence-electron chi connectivity index (χ2n) is 10.3. The molecule has 5 rings (SSSR count). The Balaban J connectivity index is 1.36. The molecule has 2 aliphatic rings. The second kappa shape index (κ2) is 10.6. The fraction of sp³-hybridized carbons (Fsp3) is 0.429. The van der Waals surface area contributed by atoms with E-state index in [0.717, 1.165) is 18.6 Å². The van der Waals surface area contributed by atoms with Crippen molar-refractivity contribution in [2.45, 2.75) is 45.4 Å². The summed E-state index contributed by atoms with van der Waals surface area (Å²) in [4.78, 5) is 51.7. The van der Waals surface area contributed by atoms with Crippen LogP contribution in [0.1, 0.15) is 54.1 Å². The van der Waals surface area contributed by atoms with E-state index >= 15 is 0 Å². The van der Waals surface area contributed by atoms with Crippen LogP contribution in [-0.2, 0) is 14.2 Å². The molecule has 2 atom stereocenters. The number of aryl methyl sites for hydroxylation is 1. The van der Waals surface area contributed by atoms with Crippen LogP contribution < -0.4 is 21.5 Å². The van der Waals surface area contributed by atoms with Gasteiger partial charge < -0.3 is 34.2 Å². The SMILES string of the molecule is COC(=O)OC1CCCCN1C(=O)c1cccc(Nc2c(NC(c3ccc(C)o3)C3(C)COC3)c(=O)c2=O)c1. The molecule has 2 saturated heterocycles. The van der Waals surface area contributed by atoms with Gasteiger partial charge in [-0.05, 0) is 50.1 Å². The van der Waals surface area contributed by atoms with Crippen molar-refractivity contribution in [1.29, 1.82) is 0 Å². The Bertz CT molecular complexity index is 1450. The average Bonchev–Trinajstić information content (AvgIpc) is 3.36. The maximum absolute atomic E-state index is 13.3. The van der Waals surface area contributed by atoms with Gasteiger partial charge in [0.25, 0.3) is 16.8 Å². The van der Waals surface area contributed by atoms with Crippen molar-refractivity contribution in [2.75, 3.05) is 37.5 Å². The maximum atomic E-state index is 13.3. The molecule has 11 heteroatoms. The molecule has 0 aliphatic carbocycles. The van der Waals surface area contributed by atoms with Crippen LogP contribution >= 0.6 is 0 Å². The third-order valence-electron chi connectivity index (χ3n) is 7.29. The number of carbonyl (C=O) groups excluding carboxylic acids is 2. The predicted octanol–water partition coefficient (Wildman–Crippen LogP) is 3.85. The topological polar surface area (TPSA) is 136 Å². The van der Waals surface area contributed by atoms with E-state index in [1.54, 1.807) is 24.3 Å². The molecule has 3 heterocycles. The Morgan fingerprint density at radius 3 is 2.54 bits per heavy atom. The highest BCUT2D eigenvalue weighted by Gasteiger charge is 2.45. The Hall–Kier alpha value is -4.12. The number of nitrogens with zero attached hydrogens (tertiary/aromatic N) is 1. The summed E-state index contributed by atoms with van der Waals surface area (Å²) in [5.74, 6) is 1.07. The second-order valence-corrected chi connectivity index (χ2v) is 10.3. The minimum absolute atomic E-state index is 0.117. The Kier molecular flexibility index (Phi) is 7.17. The zero-order chi connectivity index (χ0) is 27.7. The van der Waals surface area contributed by atoms with Crippen molar-refractivity contribution < 1.29 is 28.2 Å². The molecule has 39 heavy (non-hydrogen) atoms. The van der Waals surface area contributed by atoms with Gasteiger partial charge in [0.15, 0.2) is 6.23 Å². The lowest BCUT2D eigenvalue weighted by molar-refractivity contribution is -0.115. The van der Waals surface area contributed by atoms with Crippen molar-refractivity contribution in [1.82, 2.24) is 4.90 Å². The van der Waals surface area contributed by atoms with Crippen LogP contribution in [0.25, 0.3) is 0 Å². The zero-order valence-corrected chi connectivity index (χ0v) is 22.1. The van der Waals surface area contributed by atoms with Crippen LogP contribution in [-0.4, -0.2) is 50.1 Å². The third kappa shape index (κ3) is 5.14. The van der Waals surface area contributed by atoms with Crippen LogP contribution in [0.5, 0.6) is 0 Å². The fourth-order valence-corrected chi connectivity index (χ4v) is 5.04. The minimum atomic E-state index is -0.847. The molecule has 2 N–H and O–H groups in total. The maximum Gasteiger partial charge on any atom is 0.509 e. The van der Waals surface area contributed by atoms with Gasteiger partial charge >= 0.3 is 6.16 Å². The number of anilines is 3. The molecule has 2 fully saturated rings. The molecule has 1 aromatic heterocycles. The first kappa shape index (κ1) is 26.5. The molecule has 2 unspecified atom stereocenters. The Morgan fingerprint density at radius 1 is 1.10 bits per heavy atom. The number of furan rings is 1. The average molecular weight is 538 g/mol. The van der Waals surface area contributed by atoms with Crippen LogP contribution in [0.15, 0.2) is 50.4 Å². The highest BCUT2D eigenvalue weighted by Crippen LogP contribution is 2.43. The first-order valence-electron chi connectivity index (χ1n) is 12.9. The number of carbonyl (C=O) groups is 2. The van der Waals surface area contributed by atoms with Crippen molar-refractivity contribution >= 4 is 29.1 Å². The van der Waals surface area contributed by atoms with E-state index in [2.05, 4.69) is 15.4 Å². The quantitative estimate of drug-likeness (QED) is 0.322. The lowest BCUT2D eigenvalue weighted by atomic mass is 9.79. The predicted molar refractivity (Wildman–Crippen MR) is 142 cm³/mol. The van der Waals surface area contributed by atoms with Gasteiger partial charge in [0.05, 0.1) is 26.4 Å². The number of hydrogen-bond acceptors (Lipinski definition) is 10. The molecule has 0 saturated carbocycles. The monoisotopic (exact) mass is 537 g/mol. The highest BCUT2D eigenvalue weighted by atomic mass is 16.7. The van der Waals surface area contributed by atoms with Gasteiger partial charge in [-0.15, -0.1) is 0 Å². The Labute approximate surface area is 224 Å². The summed E-state index contributed by atoms with van der Waals surface area (Å²) in [6, 6.07) is 9.93. The number of piperidine rings is 1. The van der Waals surface area contributed by atoms with Gasteiger partial charge in [-0.2, -0.15) is 0 Å². The number of ether oxygens (including phenoxy) is 3. The van der Waals surface area contributed by atoms with E-state index in [1.807, 2.05) is 26.0 Å². The summed E-state index contributed by atoms with van der Waals surface area (Å²) >= 11 is 0. The van der Waals surface area contributed by atoms with Gasteiger partial charge in [-0.3, -0.25) is 14.4 Å². The van der Waals surface area contributed by atoms with E-state index < -0.39 is 23.2 Å². The van der Waals surface area contributed by atoms with E-state index in [1.165, 1.54) is 12.0 Å². The van der Waals surface area contributed by atoms with Crippen molar-refractivity contribution in [3.63, 3.8) is 0 Å². The lowest BCUT2D eigenvalue weighted by Gasteiger charge is -2.44. The highest BCUT2D eigenvalue weighted by molar-refractivity contribution is 5.96. The molecule has 2 aromatic carbocycles. The first-order valence-corrected chi connectivity index (χ1v) is 12.9. The lowest BCUT2D eigenvalue weighted by Crippen LogP contribution is -2.49. The normalized spacial score (nSPS) is 19.2. The molecule has 0 spiro atoms. The smallest absolute Gasteiger partial charge is 0.464 e. The number of hydrogen-bond donors (Lipinski definition) is 2. The van der Waals surface area contributed by atoms with Crippen LogP contribution in [0.2, 0.25) is 0 Å².